The zero-order chi connectivity index (χ0) is 16.5. The molecule has 3 aromatic rings. The van der Waals surface area contributed by atoms with Crippen LogP contribution in [0, 0.1) is 6.92 Å². The molecule has 1 aliphatic rings. The third-order valence-corrected chi connectivity index (χ3v) is 4.47. The zero-order valence-electron chi connectivity index (χ0n) is 13.9. The lowest BCUT2D eigenvalue weighted by molar-refractivity contribution is 0.371. The molecule has 124 valence electrons. The second-order valence-electron chi connectivity index (χ2n) is 6.36. The van der Waals surface area contributed by atoms with Crippen molar-refractivity contribution in [1.29, 1.82) is 0 Å². The van der Waals surface area contributed by atoms with Crippen LogP contribution in [-0.2, 0) is 6.54 Å². The first-order valence-corrected chi connectivity index (χ1v) is 8.37. The summed E-state index contributed by atoms with van der Waals surface area (Å²) in [6, 6.07) is 8.71. The number of nitrogens with one attached hydrogen (secondary N) is 1. The predicted octanol–water partition coefficient (Wildman–Crippen LogP) is 3.29. The Balaban J connectivity index is 1.38. The molecule has 1 fully saturated rings. The van der Waals surface area contributed by atoms with Crippen LogP contribution in [0.3, 0.4) is 0 Å². The van der Waals surface area contributed by atoms with E-state index in [4.69, 9.17) is 4.52 Å². The minimum Gasteiger partial charge on any atom is -0.339 e. The van der Waals surface area contributed by atoms with E-state index in [0.29, 0.717) is 12.5 Å². The SMILES string of the molecule is Cc1nccn1-c1ccc([C@@H](C)NCc2noc(C3CC3)n2)cc1. The van der Waals surface area contributed by atoms with E-state index >= 15 is 0 Å². The number of benzene rings is 1. The molecule has 6 heteroatoms. The van der Waals surface area contributed by atoms with Gasteiger partial charge in [-0.2, -0.15) is 4.98 Å². The van der Waals surface area contributed by atoms with Crippen LogP contribution in [0.25, 0.3) is 5.69 Å². The van der Waals surface area contributed by atoms with Gasteiger partial charge in [0, 0.05) is 30.0 Å². The van der Waals surface area contributed by atoms with E-state index in [2.05, 4.69) is 56.2 Å². The van der Waals surface area contributed by atoms with Crippen molar-refractivity contribution in [3.63, 3.8) is 0 Å². The molecule has 0 radical (unpaired) electrons. The van der Waals surface area contributed by atoms with Crippen LogP contribution in [0.2, 0.25) is 0 Å². The molecule has 0 saturated heterocycles. The van der Waals surface area contributed by atoms with Crippen molar-refractivity contribution in [3.8, 4) is 5.69 Å². The summed E-state index contributed by atoms with van der Waals surface area (Å²) >= 11 is 0. The molecule has 1 atom stereocenters. The van der Waals surface area contributed by atoms with Gasteiger partial charge in [-0.05, 0) is 44.4 Å². The molecule has 1 aromatic carbocycles. The summed E-state index contributed by atoms with van der Waals surface area (Å²) in [6.45, 7) is 4.75. The third kappa shape index (κ3) is 3.10. The molecule has 1 N–H and O–H groups in total. The normalized spacial score (nSPS) is 15.6. The largest absolute Gasteiger partial charge is 0.339 e. The Morgan fingerprint density at radius 3 is 2.75 bits per heavy atom. The summed E-state index contributed by atoms with van der Waals surface area (Å²) < 4.78 is 7.36. The first-order valence-electron chi connectivity index (χ1n) is 8.37. The first-order chi connectivity index (χ1) is 11.7. The molecule has 0 aliphatic heterocycles. The van der Waals surface area contributed by atoms with Crippen molar-refractivity contribution >= 4 is 0 Å². The van der Waals surface area contributed by atoms with Crippen LogP contribution in [-0.4, -0.2) is 19.7 Å². The van der Waals surface area contributed by atoms with Gasteiger partial charge in [-0.25, -0.2) is 4.98 Å². The van der Waals surface area contributed by atoms with Crippen LogP contribution in [0.4, 0.5) is 0 Å². The Labute approximate surface area is 140 Å². The van der Waals surface area contributed by atoms with Crippen LogP contribution in [0.15, 0.2) is 41.2 Å². The van der Waals surface area contributed by atoms with E-state index in [1.54, 1.807) is 0 Å². The third-order valence-electron chi connectivity index (χ3n) is 4.47. The molecule has 0 unspecified atom stereocenters. The van der Waals surface area contributed by atoms with E-state index in [1.165, 1.54) is 18.4 Å². The highest BCUT2D eigenvalue weighted by molar-refractivity contribution is 5.36. The summed E-state index contributed by atoms with van der Waals surface area (Å²) in [7, 11) is 0. The number of aromatic nitrogens is 4. The highest BCUT2D eigenvalue weighted by Gasteiger charge is 2.29. The van der Waals surface area contributed by atoms with Gasteiger partial charge in [-0.1, -0.05) is 17.3 Å². The Kier molecular flexibility index (Phi) is 3.90. The molecule has 6 nitrogen and oxygen atoms in total. The number of hydrogen-bond donors (Lipinski definition) is 1. The summed E-state index contributed by atoms with van der Waals surface area (Å²) in [4.78, 5) is 8.71. The van der Waals surface area contributed by atoms with Crippen LogP contribution in [0.5, 0.6) is 0 Å². The second-order valence-corrected chi connectivity index (χ2v) is 6.36. The van der Waals surface area contributed by atoms with Gasteiger partial charge in [0.15, 0.2) is 5.82 Å². The number of hydrogen-bond acceptors (Lipinski definition) is 5. The summed E-state index contributed by atoms with van der Waals surface area (Å²) in [5.74, 6) is 3.01. The molecule has 2 heterocycles. The second kappa shape index (κ2) is 6.20. The van der Waals surface area contributed by atoms with Gasteiger partial charge in [-0.15, -0.1) is 0 Å². The number of imidazole rings is 1. The van der Waals surface area contributed by atoms with Crippen molar-refractivity contribution in [2.45, 2.75) is 45.2 Å². The molecule has 24 heavy (non-hydrogen) atoms. The minimum absolute atomic E-state index is 0.214. The van der Waals surface area contributed by atoms with Gasteiger partial charge >= 0.3 is 0 Å². The monoisotopic (exact) mass is 323 g/mol. The lowest BCUT2D eigenvalue weighted by atomic mass is 10.1. The molecule has 0 bridgehead atoms. The fourth-order valence-corrected chi connectivity index (χ4v) is 2.77. The van der Waals surface area contributed by atoms with Crippen molar-refractivity contribution < 1.29 is 4.52 Å². The van der Waals surface area contributed by atoms with E-state index in [0.717, 1.165) is 23.2 Å². The lowest BCUT2D eigenvalue weighted by Crippen LogP contribution is -2.18. The molecule has 2 aromatic heterocycles. The van der Waals surface area contributed by atoms with E-state index < -0.39 is 0 Å². The highest BCUT2D eigenvalue weighted by atomic mass is 16.5. The van der Waals surface area contributed by atoms with Crippen LogP contribution >= 0.6 is 0 Å². The van der Waals surface area contributed by atoms with Gasteiger partial charge < -0.3 is 14.4 Å². The highest BCUT2D eigenvalue weighted by Crippen LogP contribution is 2.38. The number of aryl methyl sites for hydroxylation is 1. The molecular formula is C18H21N5O. The lowest BCUT2D eigenvalue weighted by Gasteiger charge is -2.14. The molecule has 1 aliphatic carbocycles. The molecule has 0 spiro atoms. The van der Waals surface area contributed by atoms with Crippen LogP contribution < -0.4 is 5.32 Å². The number of rotatable bonds is 6. The Morgan fingerprint density at radius 2 is 2.08 bits per heavy atom. The average Bonchev–Trinajstić information content (AvgIpc) is 3.19. The van der Waals surface area contributed by atoms with Gasteiger partial charge in [0.1, 0.15) is 5.82 Å². The molecule has 0 amide bonds. The standard InChI is InChI=1S/C18H21N5O/c1-12(20-11-17-21-18(24-22-17)15-3-4-15)14-5-7-16(8-6-14)23-10-9-19-13(23)2/h5-10,12,15,20H,3-4,11H2,1-2H3/t12-/m1/s1. The van der Waals surface area contributed by atoms with Crippen molar-refractivity contribution in [3.05, 3.63) is 59.8 Å². The van der Waals surface area contributed by atoms with E-state index in [9.17, 15) is 0 Å². The molecule has 1 saturated carbocycles. The topological polar surface area (TPSA) is 68.8 Å². The maximum atomic E-state index is 5.29. The maximum Gasteiger partial charge on any atom is 0.229 e. The molecular weight excluding hydrogens is 302 g/mol. The minimum atomic E-state index is 0.214. The summed E-state index contributed by atoms with van der Waals surface area (Å²) in [5, 5.41) is 7.49. The summed E-state index contributed by atoms with van der Waals surface area (Å²) in [6.07, 6.45) is 6.14. The summed E-state index contributed by atoms with van der Waals surface area (Å²) in [5.41, 5.74) is 2.34. The fourth-order valence-electron chi connectivity index (χ4n) is 2.77. The fraction of sp³-hybridized carbons (Fsp3) is 0.389. The van der Waals surface area contributed by atoms with Gasteiger partial charge in [0.2, 0.25) is 5.89 Å². The van der Waals surface area contributed by atoms with Crippen molar-refractivity contribution in [2.24, 2.45) is 0 Å². The molecule has 4 rings (SSSR count). The van der Waals surface area contributed by atoms with E-state index in [-0.39, 0.29) is 6.04 Å². The Morgan fingerprint density at radius 1 is 1.29 bits per heavy atom. The van der Waals surface area contributed by atoms with Crippen LogP contribution in [0.1, 0.15) is 54.8 Å². The number of nitrogens with zero attached hydrogens (tertiary/aromatic N) is 4. The van der Waals surface area contributed by atoms with Crippen molar-refractivity contribution in [2.75, 3.05) is 0 Å². The maximum absolute atomic E-state index is 5.29. The quantitative estimate of drug-likeness (QED) is 0.754. The van der Waals surface area contributed by atoms with Gasteiger partial charge in [-0.3, -0.25) is 0 Å². The Hall–Kier alpha value is -2.47. The van der Waals surface area contributed by atoms with Crippen molar-refractivity contribution in [1.82, 2.24) is 25.0 Å². The zero-order valence-corrected chi connectivity index (χ0v) is 13.9. The van der Waals surface area contributed by atoms with Gasteiger partial charge in [0.25, 0.3) is 0 Å². The average molecular weight is 323 g/mol. The van der Waals surface area contributed by atoms with Gasteiger partial charge in [0.05, 0.1) is 6.54 Å². The smallest absolute Gasteiger partial charge is 0.229 e. The first kappa shape index (κ1) is 15.1. The Bertz CT molecular complexity index is 816. The predicted molar refractivity (Wildman–Crippen MR) is 89.8 cm³/mol. The van der Waals surface area contributed by atoms with E-state index in [1.807, 2.05) is 19.3 Å².